The first-order valence-corrected chi connectivity index (χ1v) is 19.6. The normalized spacial score (nSPS) is 17.5. The molecule has 2 amide bonds. The van der Waals surface area contributed by atoms with Gasteiger partial charge < -0.3 is 24.7 Å². The van der Waals surface area contributed by atoms with E-state index in [-0.39, 0.29) is 18.7 Å². The van der Waals surface area contributed by atoms with E-state index in [9.17, 15) is 29.4 Å². The molecule has 0 saturated carbocycles. The predicted octanol–water partition coefficient (Wildman–Crippen LogP) is 7.57. The zero-order chi connectivity index (χ0) is 38.7. The zero-order valence-electron chi connectivity index (χ0n) is 31.4. The van der Waals surface area contributed by atoms with Gasteiger partial charge in [0.2, 0.25) is 11.7 Å². The Balaban J connectivity index is 0.908. The van der Waals surface area contributed by atoms with E-state index in [1.54, 1.807) is 114 Å². The Bertz CT molecular complexity index is 1720. The molecule has 2 fully saturated rings. The van der Waals surface area contributed by atoms with Crippen LogP contribution in [-0.4, -0.2) is 76.4 Å². The second-order valence-corrected chi connectivity index (χ2v) is 15.1. The maximum atomic E-state index is 13.5. The van der Waals surface area contributed by atoms with Gasteiger partial charge >= 0.3 is 6.09 Å². The van der Waals surface area contributed by atoms with Crippen molar-refractivity contribution in [3.8, 4) is 0 Å². The van der Waals surface area contributed by atoms with Gasteiger partial charge in [-0.2, -0.15) is 0 Å². The molecular formula is C46H52N2O7. The van der Waals surface area contributed by atoms with Crippen molar-refractivity contribution >= 4 is 23.6 Å². The number of Topliss-reactive ketones (excluding diaryl/α,β-unsaturated/α-hetero) is 2. The molecule has 6 rings (SSSR count). The van der Waals surface area contributed by atoms with E-state index in [4.69, 9.17) is 4.74 Å². The minimum Gasteiger partial charge on any atom is -0.445 e. The van der Waals surface area contributed by atoms with Gasteiger partial charge in [0, 0.05) is 43.7 Å². The molecule has 2 heterocycles. The van der Waals surface area contributed by atoms with Crippen LogP contribution in [0.1, 0.15) is 89.6 Å². The lowest BCUT2D eigenvalue weighted by molar-refractivity contribution is -0.133. The first-order valence-electron chi connectivity index (χ1n) is 19.6. The first kappa shape index (κ1) is 39.6. The fourth-order valence-corrected chi connectivity index (χ4v) is 8.03. The number of hydrogen-bond acceptors (Lipinski definition) is 7. The van der Waals surface area contributed by atoms with Gasteiger partial charge in [-0.15, -0.1) is 0 Å². The molecule has 2 atom stereocenters. The maximum absolute atomic E-state index is 13.5. The van der Waals surface area contributed by atoms with Crippen molar-refractivity contribution in [3.05, 3.63) is 144 Å². The number of aliphatic hydroxyl groups is 2. The summed E-state index contributed by atoms with van der Waals surface area (Å²) in [4.78, 5) is 56.9. The average molecular weight is 745 g/mol. The molecule has 9 heteroatoms. The molecule has 0 spiro atoms. The third kappa shape index (κ3) is 9.77. The van der Waals surface area contributed by atoms with Crippen LogP contribution in [0.4, 0.5) is 4.79 Å². The van der Waals surface area contributed by atoms with Gasteiger partial charge in [0.1, 0.15) is 6.61 Å². The second-order valence-electron chi connectivity index (χ2n) is 15.1. The van der Waals surface area contributed by atoms with E-state index in [0.717, 1.165) is 44.9 Å². The number of hydrogen-bond donors (Lipinski definition) is 2. The smallest absolute Gasteiger partial charge is 0.409 e. The molecule has 0 radical (unpaired) electrons. The van der Waals surface area contributed by atoms with Gasteiger partial charge in [0.25, 0.3) is 0 Å². The van der Waals surface area contributed by atoms with Crippen molar-refractivity contribution in [2.45, 2.75) is 69.0 Å². The monoisotopic (exact) mass is 744 g/mol. The van der Waals surface area contributed by atoms with Gasteiger partial charge in [-0.25, -0.2) is 4.79 Å². The van der Waals surface area contributed by atoms with Gasteiger partial charge in [0.05, 0.1) is 0 Å². The summed E-state index contributed by atoms with van der Waals surface area (Å²) in [6, 6.07) is 34.8. The molecule has 0 bridgehead atoms. The average Bonchev–Trinajstić information content (AvgIpc) is 3.25. The lowest BCUT2D eigenvalue weighted by atomic mass is 9.82. The number of rotatable bonds is 15. The molecule has 0 aliphatic carbocycles. The number of benzene rings is 4. The molecule has 55 heavy (non-hydrogen) atoms. The van der Waals surface area contributed by atoms with Crippen molar-refractivity contribution in [2.24, 2.45) is 11.8 Å². The summed E-state index contributed by atoms with van der Waals surface area (Å²) in [6.07, 6.45) is 6.45. The fraction of sp³-hybridized carbons (Fsp3) is 0.391. The highest BCUT2D eigenvalue weighted by atomic mass is 16.6. The van der Waals surface area contributed by atoms with Crippen LogP contribution < -0.4 is 0 Å². The summed E-state index contributed by atoms with van der Waals surface area (Å²) in [6.45, 7) is 2.01. The Labute approximate surface area is 323 Å². The molecule has 2 saturated heterocycles. The van der Waals surface area contributed by atoms with Crippen molar-refractivity contribution in [3.63, 3.8) is 0 Å². The number of piperidine rings is 2. The van der Waals surface area contributed by atoms with E-state index < -0.39 is 35.5 Å². The van der Waals surface area contributed by atoms with Crippen LogP contribution in [0.5, 0.6) is 0 Å². The second kappa shape index (κ2) is 18.5. The number of amides is 2. The predicted molar refractivity (Wildman–Crippen MR) is 210 cm³/mol. The standard InChI is InChI=1S/C46H52N2O7/c49-41(24-29-45(53,39-20-9-3-10-21-39)42(50)37-16-5-1-6-17-37)47-30-25-35(26-31-47)14-13-15-36-27-32-48(33-28-36)44(52)55-34-46(54,40-22-11-4-12-23-40)43(51)38-18-7-2-8-19-38/h1-12,16-23,35-36,53-54H,13-15,24-34H2. The van der Waals surface area contributed by atoms with Crippen molar-refractivity contribution < 1.29 is 34.1 Å². The Kier molecular flexibility index (Phi) is 13.3. The van der Waals surface area contributed by atoms with Crippen molar-refractivity contribution in [2.75, 3.05) is 32.8 Å². The van der Waals surface area contributed by atoms with Gasteiger partial charge in [-0.3, -0.25) is 14.4 Å². The minimum atomic E-state index is -2.00. The van der Waals surface area contributed by atoms with Crippen LogP contribution in [0.3, 0.4) is 0 Å². The topological polar surface area (TPSA) is 124 Å². The highest BCUT2D eigenvalue weighted by molar-refractivity contribution is 6.03. The minimum absolute atomic E-state index is 0.0177. The highest BCUT2D eigenvalue weighted by Gasteiger charge is 2.41. The number of carbonyl (C=O) groups excluding carboxylic acids is 4. The molecule has 0 aromatic heterocycles. The summed E-state index contributed by atoms with van der Waals surface area (Å²) in [5.74, 6) is 0.0918. The molecule has 288 valence electrons. The Morgan fingerprint density at radius 1 is 0.564 bits per heavy atom. The Morgan fingerprint density at radius 2 is 0.964 bits per heavy atom. The van der Waals surface area contributed by atoms with E-state index in [1.807, 2.05) is 17.0 Å². The number of nitrogens with zero attached hydrogens (tertiary/aromatic N) is 2. The number of carbonyl (C=O) groups is 4. The van der Waals surface area contributed by atoms with E-state index in [1.165, 1.54) is 0 Å². The molecule has 4 aromatic rings. The van der Waals surface area contributed by atoms with Gasteiger partial charge in [-0.05, 0) is 55.1 Å². The summed E-state index contributed by atoms with van der Waals surface area (Å²) < 4.78 is 5.61. The highest BCUT2D eigenvalue weighted by Crippen LogP contribution is 2.33. The van der Waals surface area contributed by atoms with E-state index >= 15 is 0 Å². The van der Waals surface area contributed by atoms with Crippen LogP contribution in [-0.2, 0) is 20.7 Å². The lowest BCUT2D eigenvalue weighted by Crippen LogP contribution is -2.44. The third-order valence-electron chi connectivity index (χ3n) is 11.5. The molecule has 2 unspecified atom stereocenters. The van der Waals surface area contributed by atoms with Crippen LogP contribution in [0.15, 0.2) is 121 Å². The SMILES string of the molecule is O=C(CCC(O)(C(=O)c1ccccc1)c1ccccc1)N1CCC(CCCC2CCN(C(=O)OCC(O)(C(=O)c3ccccc3)c3ccccc3)CC2)CC1. The summed E-state index contributed by atoms with van der Waals surface area (Å²) in [5.41, 5.74) is -2.18. The number of ketones is 2. The van der Waals surface area contributed by atoms with Gasteiger partial charge in [0.15, 0.2) is 17.0 Å². The fourth-order valence-electron chi connectivity index (χ4n) is 8.03. The molecular weight excluding hydrogens is 693 g/mol. The van der Waals surface area contributed by atoms with Crippen LogP contribution in [0, 0.1) is 11.8 Å². The van der Waals surface area contributed by atoms with Crippen LogP contribution in [0.25, 0.3) is 0 Å². The maximum Gasteiger partial charge on any atom is 0.409 e. The summed E-state index contributed by atoms with van der Waals surface area (Å²) in [7, 11) is 0. The Hall–Kier alpha value is -5.12. The number of likely N-dealkylation sites (tertiary alicyclic amines) is 2. The van der Waals surface area contributed by atoms with E-state index in [0.29, 0.717) is 60.3 Å². The lowest BCUT2D eigenvalue weighted by Gasteiger charge is -2.34. The van der Waals surface area contributed by atoms with E-state index in [2.05, 4.69) is 0 Å². The van der Waals surface area contributed by atoms with Crippen LogP contribution >= 0.6 is 0 Å². The van der Waals surface area contributed by atoms with Crippen molar-refractivity contribution in [1.29, 1.82) is 0 Å². The van der Waals surface area contributed by atoms with Gasteiger partial charge in [-0.1, -0.05) is 141 Å². The third-order valence-corrected chi connectivity index (χ3v) is 11.5. The number of ether oxygens (including phenoxy) is 1. The summed E-state index contributed by atoms with van der Waals surface area (Å²) >= 11 is 0. The zero-order valence-corrected chi connectivity index (χ0v) is 31.4. The van der Waals surface area contributed by atoms with Crippen LogP contribution in [0.2, 0.25) is 0 Å². The molecule has 2 aliphatic heterocycles. The first-order chi connectivity index (χ1) is 26.7. The van der Waals surface area contributed by atoms with Crippen molar-refractivity contribution in [1.82, 2.24) is 9.80 Å². The quantitative estimate of drug-likeness (QED) is 0.120. The molecule has 9 nitrogen and oxygen atoms in total. The summed E-state index contributed by atoms with van der Waals surface area (Å²) in [5, 5.41) is 23.3. The molecule has 2 N–H and O–H groups in total. The molecule has 2 aliphatic rings. The largest absolute Gasteiger partial charge is 0.445 e. The Morgan fingerprint density at radius 3 is 1.44 bits per heavy atom. The molecule has 4 aromatic carbocycles.